The normalized spacial score (nSPS) is 10.7. The van der Waals surface area contributed by atoms with E-state index in [0.29, 0.717) is 28.0 Å². The molecule has 0 aliphatic rings. The molecule has 30 heavy (non-hydrogen) atoms. The number of nitrogens with one attached hydrogen (secondary N) is 2. The molecule has 0 saturated carbocycles. The van der Waals surface area contributed by atoms with Crippen molar-refractivity contribution in [3.05, 3.63) is 75.0 Å². The van der Waals surface area contributed by atoms with Gasteiger partial charge < -0.3 is 10.1 Å². The molecule has 3 aromatic heterocycles. The van der Waals surface area contributed by atoms with Crippen LogP contribution in [0, 0.1) is 6.92 Å². The molecule has 4 rings (SSSR count). The average Bonchev–Trinajstić information content (AvgIpc) is 3.37. The van der Waals surface area contributed by atoms with Crippen LogP contribution >= 0.6 is 22.9 Å². The van der Waals surface area contributed by atoms with Gasteiger partial charge in [0.1, 0.15) is 17.3 Å². The molecule has 152 valence electrons. The van der Waals surface area contributed by atoms with Gasteiger partial charge in [0.05, 0.1) is 4.88 Å². The second kappa shape index (κ2) is 8.52. The molecular weight excluding hydrogens is 426 g/mol. The number of carbonyl (C=O) groups excluding carboxylic acids is 1. The first-order valence-corrected chi connectivity index (χ1v) is 10.1. The predicted octanol–water partition coefficient (Wildman–Crippen LogP) is 3.66. The van der Waals surface area contributed by atoms with Crippen LogP contribution in [-0.4, -0.2) is 32.3 Å². The number of H-pyrrole nitrogens is 1. The van der Waals surface area contributed by atoms with E-state index in [2.05, 4.69) is 20.4 Å². The molecule has 4 aromatic rings. The summed E-state index contributed by atoms with van der Waals surface area (Å²) in [6, 6.07) is 13.6. The molecule has 0 fully saturated rings. The number of carbonyl (C=O) groups is 1. The van der Waals surface area contributed by atoms with Gasteiger partial charge >= 0.3 is 0 Å². The summed E-state index contributed by atoms with van der Waals surface area (Å²) in [4.78, 5) is 32.2. The largest absolute Gasteiger partial charge is 0.484 e. The van der Waals surface area contributed by atoms with Crippen molar-refractivity contribution in [3.8, 4) is 22.3 Å². The number of amides is 1. The second-order valence-corrected chi connectivity index (χ2v) is 7.69. The maximum Gasteiger partial charge on any atom is 0.263 e. The third kappa shape index (κ3) is 4.58. The van der Waals surface area contributed by atoms with Crippen LogP contribution < -0.4 is 15.6 Å². The fraction of sp³-hybridized carbons (Fsp3) is 0.100. The monoisotopic (exact) mass is 441 g/mol. The Labute approximate surface area is 180 Å². The molecule has 0 aliphatic carbocycles. The highest BCUT2D eigenvalue weighted by Crippen LogP contribution is 2.27. The van der Waals surface area contributed by atoms with Crippen LogP contribution in [0.2, 0.25) is 5.02 Å². The molecule has 1 amide bonds. The van der Waals surface area contributed by atoms with E-state index in [1.54, 1.807) is 37.3 Å². The fourth-order valence-corrected chi connectivity index (χ4v) is 3.51. The number of rotatable bonds is 6. The van der Waals surface area contributed by atoms with Crippen molar-refractivity contribution in [1.82, 2.24) is 19.7 Å². The Hall–Kier alpha value is -3.43. The Balaban J connectivity index is 1.60. The Morgan fingerprint density at radius 2 is 2.07 bits per heavy atom. The third-order valence-electron chi connectivity index (χ3n) is 3.99. The minimum absolute atomic E-state index is 0.205. The minimum atomic E-state index is -0.390. The first kappa shape index (κ1) is 19.9. The molecule has 0 atom stereocenters. The number of aromatic nitrogens is 4. The van der Waals surface area contributed by atoms with Crippen LogP contribution in [0.1, 0.15) is 5.69 Å². The number of hydrogen-bond donors (Lipinski definition) is 2. The summed E-state index contributed by atoms with van der Waals surface area (Å²) < 4.78 is 6.88. The molecule has 0 unspecified atom stereocenters. The summed E-state index contributed by atoms with van der Waals surface area (Å²) in [6.07, 6.45) is 0. The SMILES string of the molecule is Cc1cc(=O)[nH]c(-n2nc(-c3cccs3)cc2NC(=O)COc2ccc(Cl)cc2)n1. The molecule has 10 heteroatoms. The van der Waals surface area contributed by atoms with Gasteiger partial charge in [-0.05, 0) is 42.6 Å². The molecule has 8 nitrogen and oxygen atoms in total. The summed E-state index contributed by atoms with van der Waals surface area (Å²) in [7, 11) is 0. The number of nitrogens with zero attached hydrogens (tertiary/aromatic N) is 3. The van der Waals surface area contributed by atoms with Gasteiger partial charge in [0, 0.05) is 22.8 Å². The third-order valence-corrected chi connectivity index (χ3v) is 5.14. The second-order valence-electron chi connectivity index (χ2n) is 6.31. The standard InChI is InChI=1S/C20H16ClN5O3S/c1-12-9-18(27)24-20(22-12)26-17(10-15(25-26)16-3-2-8-30-16)23-19(28)11-29-14-6-4-13(21)5-7-14/h2-10H,11H2,1H3,(H,23,28)(H,22,24,27). The first-order valence-electron chi connectivity index (χ1n) is 8.88. The lowest BCUT2D eigenvalue weighted by atomic mass is 10.3. The molecule has 0 spiro atoms. The van der Waals surface area contributed by atoms with Crippen LogP contribution in [0.5, 0.6) is 5.75 Å². The van der Waals surface area contributed by atoms with Gasteiger partial charge in [0.2, 0.25) is 5.95 Å². The van der Waals surface area contributed by atoms with E-state index in [1.807, 2.05) is 17.5 Å². The van der Waals surface area contributed by atoms with Crippen molar-refractivity contribution in [2.24, 2.45) is 0 Å². The van der Waals surface area contributed by atoms with Gasteiger partial charge in [-0.25, -0.2) is 4.98 Å². The van der Waals surface area contributed by atoms with Crippen molar-refractivity contribution in [2.75, 3.05) is 11.9 Å². The molecular formula is C20H16ClN5O3S. The summed E-state index contributed by atoms with van der Waals surface area (Å²) in [5.74, 6) is 0.694. The topological polar surface area (TPSA) is 102 Å². The Bertz CT molecular complexity index is 1230. The van der Waals surface area contributed by atoms with Gasteiger partial charge in [-0.1, -0.05) is 17.7 Å². The van der Waals surface area contributed by atoms with E-state index in [0.717, 1.165) is 4.88 Å². The Morgan fingerprint density at radius 1 is 1.27 bits per heavy atom. The lowest BCUT2D eigenvalue weighted by Gasteiger charge is -2.09. The maximum atomic E-state index is 12.5. The number of ether oxygens (including phenoxy) is 1. The van der Waals surface area contributed by atoms with E-state index in [-0.39, 0.29) is 24.0 Å². The predicted molar refractivity (Wildman–Crippen MR) is 116 cm³/mol. The number of hydrogen-bond acceptors (Lipinski definition) is 6. The number of aromatic amines is 1. The molecule has 0 radical (unpaired) electrons. The van der Waals surface area contributed by atoms with Gasteiger partial charge in [0.15, 0.2) is 6.61 Å². The smallest absolute Gasteiger partial charge is 0.263 e. The van der Waals surface area contributed by atoms with E-state index < -0.39 is 0 Å². The molecule has 0 aliphatic heterocycles. The van der Waals surface area contributed by atoms with Crippen molar-refractivity contribution < 1.29 is 9.53 Å². The van der Waals surface area contributed by atoms with E-state index >= 15 is 0 Å². The van der Waals surface area contributed by atoms with E-state index in [4.69, 9.17) is 16.3 Å². The fourth-order valence-electron chi connectivity index (χ4n) is 2.70. The average molecular weight is 442 g/mol. The van der Waals surface area contributed by atoms with Crippen molar-refractivity contribution in [3.63, 3.8) is 0 Å². The van der Waals surface area contributed by atoms with E-state index in [9.17, 15) is 9.59 Å². The number of halogens is 1. The number of anilines is 1. The van der Waals surface area contributed by atoms with Gasteiger partial charge in [0.25, 0.3) is 11.5 Å². The maximum absolute atomic E-state index is 12.5. The molecule has 2 N–H and O–H groups in total. The number of aryl methyl sites for hydroxylation is 1. The summed E-state index contributed by atoms with van der Waals surface area (Å²) in [6.45, 7) is 1.50. The molecule has 1 aromatic carbocycles. The summed E-state index contributed by atoms with van der Waals surface area (Å²) >= 11 is 7.36. The van der Waals surface area contributed by atoms with E-state index in [1.165, 1.54) is 22.1 Å². The molecule has 0 saturated heterocycles. The van der Waals surface area contributed by atoms with Gasteiger partial charge in [-0.15, -0.1) is 11.3 Å². The van der Waals surface area contributed by atoms with Crippen LogP contribution in [0.3, 0.4) is 0 Å². The first-order chi connectivity index (χ1) is 14.5. The van der Waals surface area contributed by atoms with Gasteiger partial charge in [-0.3, -0.25) is 14.6 Å². The zero-order valence-electron chi connectivity index (χ0n) is 15.8. The minimum Gasteiger partial charge on any atom is -0.484 e. The van der Waals surface area contributed by atoms with Crippen LogP contribution in [-0.2, 0) is 4.79 Å². The highest BCUT2D eigenvalue weighted by molar-refractivity contribution is 7.13. The number of benzene rings is 1. The lowest BCUT2D eigenvalue weighted by molar-refractivity contribution is -0.118. The quantitative estimate of drug-likeness (QED) is 0.475. The van der Waals surface area contributed by atoms with Crippen LogP contribution in [0.4, 0.5) is 5.82 Å². The van der Waals surface area contributed by atoms with Crippen molar-refractivity contribution in [2.45, 2.75) is 6.92 Å². The number of thiophene rings is 1. The Kier molecular flexibility index (Phi) is 5.64. The van der Waals surface area contributed by atoms with Crippen molar-refractivity contribution in [1.29, 1.82) is 0 Å². The summed E-state index contributed by atoms with van der Waals surface area (Å²) in [5.41, 5.74) is 0.863. The van der Waals surface area contributed by atoms with Gasteiger partial charge in [-0.2, -0.15) is 9.78 Å². The summed E-state index contributed by atoms with van der Waals surface area (Å²) in [5, 5.41) is 9.79. The van der Waals surface area contributed by atoms with Crippen LogP contribution in [0.15, 0.2) is 58.7 Å². The van der Waals surface area contributed by atoms with Crippen LogP contribution in [0.25, 0.3) is 16.5 Å². The highest BCUT2D eigenvalue weighted by Gasteiger charge is 2.16. The molecule has 3 heterocycles. The zero-order chi connectivity index (χ0) is 21.1. The lowest BCUT2D eigenvalue weighted by Crippen LogP contribution is -2.23. The highest BCUT2D eigenvalue weighted by atomic mass is 35.5. The zero-order valence-corrected chi connectivity index (χ0v) is 17.3. The Morgan fingerprint density at radius 3 is 2.77 bits per heavy atom. The molecule has 0 bridgehead atoms. The van der Waals surface area contributed by atoms with Crippen molar-refractivity contribution >= 4 is 34.7 Å².